The van der Waals surface area contributed by atoms with E-state index >= 15 is 0 Å². The zero-order valence-electron chi connectivity index (χ0n) is 28.6. The number of aromatic amines is 1. The third kappa shape index (κ3) is 9.65. The number of esters is 1. The monoisotopic (exact) mass is 738 g/mol. The van der Waals surface area contributed by atoms with Crippen LogP contribution in [-0.4, -0.2) is 70.7 Å². The lowest BCUT2D eigenvalue weighted by atomic mass is 9.98. The summed E-state index contributed by atoms with van der Waals surface area (Å²) < 4.78 is 22.5. The Morgan fingerprint density at radius 2 is 1.72 bits per heavy atom. The predicted octanol–water partition coefficient (Wildman–Crippen LogP) is 3.16. The van der Waals surface area contributed by atoms with Gasteiger partial charge in [0.2, 0.25) is 5.82 Å². The fourth-order valence-electron chi connectivity index (χ4n) is 5.31. The van der Waals surface area contributed by atoms with E-state index in [1.807, 2.05) is 55.5 Å². The molecule has 3 heterocycles. The number of carbonyl (C=O) groups excluding carboxylic acids is 1. The Morgan fingerprint density at radius 1 is 1.02 bits per heavy atom. The molecule has 0 aliphatic heterocycles. The van der Waals surface area contributed by atoms with Crippen LogP contribution in [0.3, 0.4) is 0 Å². The maximum absolute atomic E-state index is 13.8. The van der Waals surface area contributed by atoms with Crippen molar-refractivity contribution in [3.8, 4) is 22.5 Å². The molecule has 53 heavy (non-hydrogen) atoms. The molecule has 1 atom stereocenters. The Kier molecular flexibility index (Phi) is 11.9. The number of aliphatic hydroxyl groups is 1. The number of benzene rings is 2. The van der Waals surface area contributed by atoms with Crippen LogP contribution in [0.4, 0.5) is 0 Å². The van der Waals surface area contributed by atoms with Crippen LogP contribution in [0.25, 0.3) is 22.5 Å². The highest BCUT2D eigenvalue weighted by atomic mass is 17.0. The van der Waals surface area contributed by atoms with Gasteiger partial charge in [0, 0.05) is 18.5 Å². The summed E-state index contributed by atoms with van der Waals surface area (Å²) in [5.41, 5.74) is 1.84. The first kappa shape index (κ1) is 37.8. The van der Waals surface area contributed by atoms with Gasteiger partial charge in [0.1, 0.15) is 30.3 Å². The number of imidazole rings is 1. The van der Waals surface area contributed by atoms with Crippen LogP contribution in [0.15, 0.2) is 62.2 Å². The van der Waals surface area contributed by atoms with Crippen LogP contribution in [0.2, 0.25) is 0 Å². The normalized spacial score (nSPS) is 12.0. The van der Waals surface area contributed by atoms with Gasteiger partial charge in [0.15, 0.2) is 29.9 Å². The van der Waals surface area contributed by atoms with Crippen molar-refractivity contribution in [2.75, 3.05) is 13.2 Å². The first-order valence-electron chi connectivity index (χ1n) is 16.0. The second-order valence-electron chi connectivity index (χ2n) is 12.0. The topological polar surface area (TPSA) is 276 Å². The van der Waals surface area contributed by atoms with Gasteiger partial charge in [-0.15, -0.1) is 30.4 Å². The van der Waals surface area contributed by atoms with Crippen molar-refractivity contribution in [1.82, 2.24) is 30.2 Å². The number of ether oxygens (including phenoxy) is 2. The van der Waals surface area contributed by atoms with Crippen molar-refractivity contribution in [2.45, 2.75) is 65.1 Å². The van der Waals surface area contributed by atoms with Gasteiger partial charge in [-0.2, -0.15) is 5.21 Å². The van der Waals surface area contributed by atoms with Crippen molar-refractivity contribution in [2.24, 2.45) is 0 Å². The van der Waals surface area contributed by atoms with Crippen LogP contribution < -0.4 is 5.82 Å². The SMILES string of the molecule is CCCc1nc(C(C)(C)O)c(C(=O)OCc2oc(=O)oc2COCC(CO[N+](=O)[O-])O[N+](=O)[O-])n1Cc1ccc(-c2ccccc2-c2nn[nH]n2)cc1. The fourth-order valence-corrected chi connectivity index (χ4v) is 5.31. The summed E-state index contributed by atoms with van der Waals surface area (Å²) in [7, 11) is 0. The number of aryl methyl sites for hydroxylation is 1. The third-order valence-corrected chi connectivity index (χ3v) is 7.61. The van der Waals surface area contributed by atoms with Crippen molar-refractivity contribution < 1.29 is 48.1 Å². The van der Waals surface area contributed by atoms with Gasteiger partial charge in [0.05, 0.1) is 6.61 Å². The number of hydrogen-bond acceptors (Lipinski definition) is 17. The maximum Gasteiger partial charge on any atom is 0.519 e. The molecular formula is C32H34N8O13. The van der Waals surface area contributed by atoms with Crippen molar-refractivity contribution >= 4 is 5.97 Å². The fraction of sp³-hybridized carbons (Fsp3) is 0.375. The molecule has 3 aromatic heterocycles. The summed E-state index contributed by atoms with van der Waals surface area (Å²) in [4.78, 5) is 60.0. The molecule has 0 spiro atoms. The predicted molar refractivity (Wildman–Crippen MR) is 176 cm³/mol. The number of tetrazole rings is 1. The molecule has 21 nitrogen and oxygen atoms in total. The van der Waals surface area contributed by atoms with Gasteiger partial charge in [-0.1, -0.05) is 55.5 Å². The van der Waals surface area contributed by atoms with Gasteiger partial charge >= 0.3 is 11.8 Å². The van der Waals surface area contributed by atoms with Gasteiger partial charge in [-0.25, -0.2) is 14.6 Å². The highest BCUT2D eigenvalue weighted by molar-refractivity contribution is 5.89. The molecule has 0 saturated carbocycles. The second-order valence-corrected chi connectivity index (χ2v) is 12.0. The quantitative estimate of drug-likeness (QED) is 0.0699. The lowest BCUT2D eigenvalue weighted by Crippen LogP contribution is -2.29. The molecule has 0 radical (unpaired) electrons. The molecule has 5 rings (SSSR count). The number of rotatable bonds is 19. The van der Waals surface area contributed by atoms with Gasteiger partial charge < -0.3 is 37.7 Å². The zero-order valence-corrected chi connectivity index (χ0v) is 28.6. The summed E-state index contributed by atoms with van der Waals surface area (Å²) in [6.07, 6.45) is -0.340. The summed E-state index contributed by atoms with van der Waals surface area (Å²) >= 11 is 0. The summed E-state index contributed by atoms with van der Waals surface area (Å²) in [6, 6.07) is 15.2. The van der Waals surface area contributed by atoms with E-state index in [1.165, 1.54) is 13.8 Å². The Balaban J connectivity index is 1.36. The summed E-state index contributed by atoms with van der Waals surface area (Å²) in [5, 5.41) is 44.3. The van der Waals surface area contributed by atoms with E-state index in [-0.39, 0.29) is 29.5 Å². The van der Waals surface area contributed by atoms with Crippen molar-refractivity contribution in [3.05, 3.63) is 114 Å². The Bertz CT molecular complexity index is 2080. The first-order chi connectivity index (χ1) is 25.3. The van der Waals surface area contributed by atoms with E-state index in [0.29, 0.717) is 24.5 Å². The second kappa shape index (κ2) is 16.7. The van der Waals surface area contributed by atoms with E-state index in [2.05, 4.69) is 35.3 Å². The Morgan fingerprint density at radius 3 is 2.34 bits per heavy atom. The van der Waals surface area contributed by atoms with Crippen molar-refractivity contribution in [3.63, 3.8) is 0 Å². The first-order valence-corrected chi connectivity index (χ1v) is 16.0. The highest BCUT2D eigenvalue weighted by Gasteiger charge is 2.33. The van der Waals surface area contributed by atoms with E-state index in [4.69, 9.17) is 18.3 Å². The number of hydrogen-bond donors (Lipinski definition) is 2. The summed E-state index contributed by atoms with van der Waals surface area (Å²) in [5.74, 6) is -1.53. The molecule has 0 saturated heterocycles. The molecule has 5 aromatic rings. The van der Waals surface area contributed by atoms with Crippen LogP contribution >= 0.6 is 0 Å². The largest absolute Gasteiger partial charge is 0.519 e. The number of nitrogens with one attached hydrogen (secondary N) is 1. The lowest BCUT2D eigenvalue weighted by molar-refractivity contribution is -0.790. The smallest absolute Gasteiger partial charge is 0.453 e. The molecule has 0 aliphatic rings. The zero-order chi connectivity index (χ0) is 38.1. The van der Waals surface area contributed by atoms with Crippen LogP contribution in [0, 0.1) is 20.2 Å². The highest BCUT2D eigenvalue weighted by Crippen LogP contribution is 2.31. The van der Waals surface area contributed by atoms with E-state index in [9.17, 15) is 34.9 Å². The lowest BCUT2D eigenvalue weighted by Gasteiger charge is -2.18. The average molecular weight is 739 g/mol. The van der Waals surface area contributed by atoms with E-state index in [0.717, 1.165) is 22.3 Å². The number of carbonyl (C=O) groups is 1. The van der Waals surface area contributed by atoms with Crippen LogP contribution in [-0.2, 0) is 50.9 Å². The minimum atomic E-state index is -1.56. The minimum Gasteiger partial charge on any atom is -0.453 e. The minimum absolute atomic E-state index is 0.0262. The number of nitrogens with zero attached hydrogens (tertiary/aromatic N) is 7. The Labute approximate surface area is 298 Å². The maximum atomic E-state index is 13.8. The molecule has 0 amide bonds. The van der Waals surface area contributed by atoms with Crippen LogP contribution in [0.1, 0.15) is 66.3 Å². The standard InChI is InChI=1S/C32H34N8O13/c1-4-7-26-33-28(32(2,3)43)27(38(26)14-19-10-12-20(13-11-19)22-8-5-6-9-23(22)29-34-36-37-35-29)30(41)49-18-25-24(51-31(42)52-25)17-48-15-21(53-40(46)47)16-50-39(44)45/h5-6,8-13,21,43H,4,7,14-18H2,1-3H3,(H,34,35,36,37). The molecule has 0 bridgehead atoms. The molecular weight excluding hydrogens is 704 g/mol. The number of H-pyrrole nitrogens is 1. The van der Waals surface area contributed by atoms with Gasteiger partial charge in [0.25, 0.3) is 10.2 Å². The van der Waals surface area contributed by atoms with Gasteiger partial charge in [-0.05, 0) is 42.2 Å². The third-order valence-electron chi connectivity index (χ3n) is 7.61. The Hall–Kier alpha value is -6.48. The molecule has 0 aliphatic carbocycles. The molecule has 1 unspecified atom stereocenters. The van der Waals surface area contributed by atoms with E-state index < -0.39 is 60.1 Å². The van der Waals surface area contributed by atoms with E-state index in [1.54, 1.807) is 4.57 Å². The molecule has 280 valence electrons. The van der Waals surface area contributed by atoms with Crippen LogP contribution in [0.5, 0.6) is 0 Å². The van der Waals surface area contributed by atoms with Crippen molar-refractivity contribution in [1.29, 1.82) is 0 Å². The average Bonchev–Trinajstić information content (AvgIpc) is 3.86. The number of aromatic nitrogens is 6. The molecule has 0 fully saturated rings. The molecule has 2 N–H and O–H groups in total. The molecule has 2 aromatic carbocycles. The summed E-state index contributed by atoms with van der Waals surface area (Å²) in [6.45, 7) is 2.58. The van der Waals surface area contributed by atoms with Gasteiger partial charge in [-0.3, -0.25) is 0 Å². The molecule has 21 heteroatoms.